The second kappa shape index (κ2) is 6.33. The van der Waals surface area contributed by atoms with Gasteiger partial charge in [0.2, 0.25) is 0 Å². The number of benzene rings is 1. The number of nitrogens with zero attached hydrogens (tertiary/aromatic N) is 1. The third-order valence-corrected chi connectivity index (χ3v) is 4.26. The van der Waals surface area contributed by atoms with E-state index in [2.05, 4.69) is 31.1 Å². The van der Waals surface area contributed by atoms with Crippen LogP contribution in [0.15, 0.2) is 23.6 Å². The second-order valence-electron chi connectivity index (χ2n) is 5.53. The largest absolute Gasteiger partial charge is 0.485 e. The summed E-state index contributed by atoms with van der Waals surface area (Å²) in [6, 6.07) is 5.58. The van der Waals surface area contributed by atoms with Crippen molar-refractivity contribution >= 4 is 34.5 Å². The van der Waals surface area contributed by atoms with Gasteiger partial charge >= 0.3 is 0 Å². The highest BCUT2D eigenvalue weighted by molar-refractivity contribution is 7.09. The Labute approximate surface area is 133 Å². The molecule has 108 valence electrons. The summed E-state index contributed by atoms with van der Waals surface area (Å²) in [7, 11) is 0. The van der Waals surface area contributed by atoms with E-state index >= 15 is 0 Å². The molecule has 0 radical (unpaired) electrons. The maximum atomic E-state index is 6.15. The lowest BCUT2D eigenvalue weighted by atomic mass is 9.93. The fourth-order valence-electron chi connectivity index (χ4n) is 1.68. The van der Waals surface area contributed by atoms with Gasteiger partial charge in [-0.15, -0.1) is 22.9 Å². The van der Waals surface area contributed by atoms with Crippen LogP contribution in [0.2, 0.25) is 5.02 Å². The van der Waals surface area contributed by atoms with Crippen LogP contribution in [0.25, 0.3) is 0 Å². The van der Waals surface area contributed by atoms with Crippen molar-refractivity contribution in [1.29, 1.82) is 0 Å². The van der Waals surface area contributed by atoms with Crippen molar-refractivity contribution in [3.05, 3.63) is 44.9 Å². The Morgan fingerprint density at radius 2 is 2.05 bits per heavy atom. The Morgan fingerprint density at radius 1 is 1.30 bits per heavy atom. The molecule has 1 aromatic heterocycles. The van der Waals surface area contributed by atoms with Crippen LogP contribution < -0.4 is 4.74 Å². The maximum Gasteiger partial charge on any atom is 0.142 e. The number of para-hydroxylation sites is 1. The van der Waals surface area contributed by atoms with Gasteiger partial charge in [-0.25, -0.2) is 4.98 Å². The molecule has 2 nitrogen and oxygen atoms in total. The average Bonchev–Trinajstić information content (AvgIpc) is 2.85. The average molecular weight is 330 g/mol. The smallest absolute Gasteiger partial charge is 0.142 e. The molecule has 5 heteroatoms. The molecule has 0 bridgehead atoms. The topological polar surface area (TPSA) is 22.1 Å². The van der Waals surface area contributed by atoms with Crippen LogP contribution in [-0.4, -0.2) is 4.98 Å². The van der Waals surface area contributed by atoms with Gasteiger partial charge in [-0.05, 0) is 6.07 Å². The second-order valence-corrected chi connectivity index (χ2v) is 7.14. The van der Waals surface area contributed by atoms with Crippen molar-refractivity contribution in [2.75, 3.05) is 0 Å². The van der Waals surface area contributed by atoms with Crippen LogP contribution in [0.4, 0.5) is 0 Å². The summed E-state index contributed by atoms with van der Waals surface area (Å²) in [5, 5.41) is 3.60. The molecule has 0 aliphatic rings. The van der Waals surface area contributed by atoms with Crippen LogP contribution in [0.5, 0.6) is 5.75 Å². The van der Waals surface area contributed by atoms with Gasteiger partial charge in [-0.3, -0.25) is 0 Å². The SMILES string of the molecule is CC(C)(C)c1csc(COc2c(Cl)cccc2CCl)n1. The van der Waals surface area contributed by atoms with Crippen LogP contribution in [0.3, 0.4) is 0 Å². The summed E-state index contributed by atoms with van der Waals surface area (Å²) in [6.07, 6.45) is 0. The van der Waals surface area contributed by atoms with Gasteiger partial charge in [0.25, 0.3) is 0 Å². The highest BCUT2D eigenvalue weighted by Gasteiger charge is 2.18. The Morgan fingerprint density at radius 3 is 2.65 bits per heavy atom. The molecule has 0 fully saturated rings. The fraction of sp³-hybridized carbons (Fsp3) is 0.400. The number of thiazole rings is 1. The molecular weight excluding hydrogens is 313 g/mol. The van der Waals surface area contributed by atoms with Gasteiger partial charge in [0.15, 0.2) is 0 Å². The molecule has 2 rings (SSSR count). The minimum Gasteiger partial charge on any atom is -0.485 e. The Hall–Kier alpha value is -0.770. The highest BCUT2D eigenvalue weighted by Crippen LogP contribution is 2.31. The number of hydrogen-bond donors (Lipinski definition) is 0. The number of halogens is 2. The summed E-state index contributed by atoms with van der Waals surface area (Å²) in [6.45, 7) is 6.85. The fourth-order valence-corrected chi connectivity index (χ4v) is 3.07. The van der Waals surface area contributed by atoms with Crippen molar-refractivity contribution in [3.63, 3.8) is 0 Å². The number of ether oxygens (including phenoxy) is 1. The molecule has 20 heavy (non-hydrogen) atoms. The Bertz CT molecular complexity index is 590. The van der Waals surface area contributed by atoms with E-state index in [1.54, 1.807) is 17.4 Å². The normalized spacial score (nSPS) is 11.7. The molecule has 0 spiro atoms. The number of hydrogen-bond acceptors (Lipinski definition) is 3. The zero-order valence-electron chi connectivity index (χ0n) is 11.7. The molecule has 0 saturated carbocycles. The number of alkyl halides is 1. The molecule has 0 unspecified atom stereocenters. The first-order chi connectivity index (χ1) is 9.41. The summed E-state index contributed by atoms with van der Waals surface area (Å²) < 4.78 is 5.80. The molecule has 0 amide bonds. The lowest BCUT2D eigenvalue weighted by molar-refractivity contribution is 0.302. The Kier molecular flexibility index (Phi) is 4.95. The molecule has 1 aromatic carbocycles. The predicted octanol–water partition coefficient (Wildman–Crippen LogP) is 5.41. The van der Waals surface area contributed by atoms with Crippen molar-refractivity contribution in [2.24, 2.45) is 0 Å². The molecule has 0 aliphatic heterocycles. The van der Waals surface area contributed by atoms with Crippen LogP contribution >= 0.6 is 34.5 Å². The first-order valence-electron chi connectivity index (χ1n) is 6.33. The first kappa shape index (κ1) is 15.6. The van der Waals surface area contributed by atoms with E-state index in [4.69, 9.17) is 27.9 Å². The summed E-state index contributed by atoms with van der Waals surface area (Å²) in [5.41, 5.74) is 2.03. The lowest BCUT2D eigenvalue weighted by Crippen LogP contribution is -2.11. The summed E-state index contributed by atoms with van der Waals surface area (Å²) in [4.78, 5) is 4.60. The van der Waals surface area contributed by atoms with E-state index < -0.39 is 0 Å². The quantitative estimate of drug-likeness (QED) is 0.699. The van der Waals surface area contributed by atoms with Gasteiger partial charge in [0.05, 0.1) is 16.6 Å². The van der Waals surface area contributed by atoms with Crippen molar-refractivity contribution in [1.82, 2.24) is 4.98 Å². The first-order valence-corrected chi connectivity index (χ1v) is 8.12. The number of rotatable bonds is 4. The van der Waals surface area contributed by atoms with Gasteiger partial charge in [-0.2, -0.15) is 0 Å². The Balaban J connectivity index is 2.11. The standard InChI is InChI=1S/C15H17Cl2NOS/c1-15(2,3)12-9-20-13(18-12)8-19-14-10(7-16)5-4-6-11(14)17/h4-6,9H,7-8H2,1-3H3. The zero-order valence-corrected chi connectivity index (χ0v) is 14.1. The molecule has 2 aromatic rings. The van der Waals surface area contributed by atoms with E-state index in [-0.39, 0.29) is 5.41 Å². The molecule has 0 atom stereocenters. The lowest BCUT2D eigenvalue weighted by Gasteiger charge is -2.14. The van der Waals surface area contributed by atoms with E-state index in [1.165, 1.54) is 0 Å². The predicted molar refractivity (Wildman–Crippen MR) is 86.2 cm³/mol. The molecular formula is C15H17Cl2NOS. The molecule has 0 aliphatic carbocycles. The van der Waals surface area contributed by atoms with Crippen LogP contribution in [0, 0.1) is 0 Å². The van der Waals surface area contributed by atoms with E-state index in [9.17, 15) is 0 Å². The van der Waals surface area contributed by atoms with E-state index in [1.807, 2.05) is 12.1 Å². The minimum absolute atomic E-state index is 0.0560. The summed E-state index contributed by atoms with van der Waals surface area (Å²) >= 11 is 13.7. The van der Waals surface area contributed by atoms with Crippen molar-refractivity contribution < 1.29 is 4.74 Å². The van der Waals surface area contributed by atoms with Crippen LogP contribution in [-0.2, 0) is 17.9 Å². The van der Waals surface area contributed by atoms with E-state index in [0.717, 1.165) is 16.3 Å². The molecule has 1 heterocycles. The van der Waals surface area contributed by atoms with Gasteiger partial charge in [-0.1, -0.05) is 44.5 Å². The zero-order chi connectivity index (χ0) is 14.8. The van der Waals surface area contributed by atoms with Gasteiger partial charge in [0, 0.05) is 16.4 Å². The number of aromatic nitrogens is 1. The minimum atomic E-state index is 0.0560. The van der Waals surface area contributed by atoms with Crippen molar-refractivity contribution in [2.45, 2.75) is 38.7 Å². The molecule has 0 saturated heterocycles. The van der Waals surface area contributed by atoms with Gasteiger partial charge < -0.3 is 4.74 Å². The monoisotopic (exact) mass is 329 g/mol. The highest BCUT2D eigenvalue weighted by atomic mass is 35.5. The summed E-state index contributed by atoms with van der Waals surface area (Å²) in [5.74, 6) is 1.03. The van der Waals surface area contributed by atoms with Crippen molar-refractivity contribution in [3.8, 4) is 5.75 Å². The van der Waals surface area contributed by atoms with E-state index in [0.29, 0.717) is 23.3 Å². The maximum absolute atomic E-state index is 6.15. The van der Waals surface area contributed by atoms with Gasteiger partial charge in [0.1, 0.15) is 17.4 Å². The third kappa shape index (κ3) is 3.66. The van der Waals surface area contributed by atoms with Crippen LogP contribution in [0.1, 0.15) is 37.0 Å². The third-order valence-electron chi connectivity index (χ3n) is 2.85. The molecule has 0 N–H and O–H groups in total.